The third-order valence-corrected chi connectivity index (χ3v) is 7.24. The molecule has 1 aliphatic carbocycles. The minimum atomic E-state index is -0.584. The Morgan fingerprint density at radius 2 is 1.97 bits per heavy atom. The molecule has 1 spiro atoms. The lowest BCUT2D eigenvalue weighted by Crippen LogP contribution is -2.43. The SMILES string of the molecule is OC1CC(CF)OC(c2ccc(Cl)c(Cc3ccc4c(c3)NCC3(CCCC3)O4)c2)C1. The van der Waals surface area contributed by atoms with Gasteiger partial charge in [0, 0.05) is 17.9 Å². The molecule has 3 atom stereocenters. The largest absolute Gasteiger partial charge is 0.483 e. The zero-order valence-electron chi connectivity index (χ0n) is 17.6. The third-order valence-electron chi connectivity index (χ3n) is 6.87. The first-order chi connectivity index (χ1) is 15.0. The van der Waals surface area contributed by atoms with Crippen LogP contribution in [0.5, 0.6) is 5.75 Å². The number of fused-ring (bicyclic) bond motifs is 1. The number of hydrogen-bond acceptors (Lipinski definition) is 4. The van der Waals surface area contributed by atoms with Crippen molar-refractivity contribution in [2.75, 3.05) is 18.5 Å². The molecule has 3 aliphatic rings. The van der Waals surface area contributed by atoms with Crippen LogP contribution in [0.2, 0.25) is 5.02 Å². The summed E-state index contributed by atoms with van der Waals surface area (Å²) in [6.45, 7) is 0.274. The van der Waals surface area contributed by atoms with E-state index in [2.05, 4.69) is 23.5 Å². The summed E-state index contributed by atoms with van der Waals surface area (Å²) in [6, 6.07) is 12.1. The summed E-state index contributed by atoms with van der Waals surface area (Å²) in [5, 5.41) is 14.4. The van der Waals surface area contributed by atoms with Gasteiger partial charge in [0.2, 0.25) is 0 Å². The van der Waals surface area contributed by atoms with Gasteiger partial charge in [-0.2, -0.15) is 0 Å². The Labute approximate surface area is 187 Å². The normalized spacial score (nSPS) is 26.9. The second kappa shape index (κ2) is 8.61. The number of alkyl halides is 1. The Morgan fingerprint density at radius 3 is 2.77 bits per heavy atom. The maximum absolute atomic E-state index is 13.1. The maximum atomic E-state index is 13.1. The third kappa shape index (κ3) is 4.41. The topological polar surface area (TPSA) is 50.7 Å². The number of aliphatic hydroxyl groups is 1. The Bertz CT molecular complexity index is 946. The summed E-state index contributed by atoms with van der Waals surface area (Å²) >= 11 is 6.50. The van der Waals surface area contributed by atoms with Crippen LogP contribution in [0.3, 0.4) is 0 Å². The van der Waals surface area contributed by atoms with E-state index in [4.69, 9.17) is 21.1 Å². The molecule has 1 saturated carbocycles. The quantitative estimate of drug-likeness (QED) is 0.643. The number of benzene rings is 2. The Kier molecular flexibility index (Phi) is 5.84. The molecular weight excluding hydrogens is 417 g/mol. The molecule has 2 aromatic rings. The van der Waals surface area contributed by atoms with Crippen LogP contribution in [-0.2, 0) is 11.2 Å². The van der Waals surface area contributed by atoms with Gasteiger partial charge in [0.05, 0.1) is 30.5 Å². The molecule has 5 rings (SSSR count). The number of nitrogens with one attached hydrogen (secondary N) is 1. The van der Waals surface area contributed by atoms with Gasteiger partial charge in [-0.3, -0.25) is 0 Å². The van der Waals surface area contributed by atoms with Gasteiger partial charge in [0.1, 0.15) is 18.0 Å². The van der Waals surface area contributed by atoms with Gasteiger partial charge in [0.25, 0.3) is 0 Å². The van der Waals surface area contributed by atoms with E-state index in [0.717, 1.165) is 47.5 Å². The number of hydrogen-bond donors (Lipinski definition) is 2. The van der Waals surface area contributed by atoms with Crippen molar-refractivity contribution in [2.45, 2.75) is 68.9 Å². The second-order valence-electron chi connectivity index (χ2n) is 9.23. The molecule has 0 amide bonds. The maximum Gasteiger partial charge on any atom is 0.143 e. The van der Waals surface area contributed by atoms with Crippen LogP contribution < -0.4 is 10.1 Å². The van der Waals surface area contributed by atoms with Crippen LogP contribution in [0.4, 0.5) is 10.1 Å². The molecule has 0 aromatic heterocycles. The number of aliphatic hydroxyl groups excluding tert-OH is 1. The summed E-state index contributed by atoms with van der Waals surface area (Å²) in [7, 11) is 0. The molecular formula is C25H29ClFNO3. The van der Waals surface area contributed by atoms with E-state index in [1.54, 1.807) is 0 Å². The van der Waals surface area contributed by atoms with E-state index in [1.165, 1.54) is 12.8 Å². The van der Waals surface area contributed by atoms with Crippen LogP contribution in [0, 0.1) is 0 Å². The van der Waals surface area contributed by atoms with E-state index in [9.17, 15) is 9.50 Å². The highest BCUT2D eigenvalue weighted by Crippen LogP contribution is 2.42. The molecule has 166 valence electrons. The fraction of sp³-hybridized carbons (Fsp3) is 0.520. The first kappa shape index (κ1) is 21.0. The van der Waals surface area contributed by atoms with Crippen molar-refractivity contribution >= 4 is 17.3 Å². The lowest BCUT2D eigenvalue weighted by molar-refractivity contribution is -0.104. The van der Waals surface area contributed by atoms with Gasteiger partial charge >= 0.3 is 0 Å². The molecule has 6 heteroatoms. The smallest absolute Gasteiger partial charge is 0.143 e. The van der Waals surface area contributed by atoms with Gasteiger partial charge in [-0.15, -0.1) is 0 Å². The van der Waals surface area contributed by atoms with Crippen molar-refractivity contribution in [1.29, 1.82) is 0 Å². The summed E-state index contributed by atoms with van der Waals surface area (Å²) in [6.07, 6.45) is 4.77. The molecule has 2 N–H and O–H groups in total. The molecule has 2 aliphatic heterocycles. The zero-order chi connectivity index (χ0) is 21.4. The Morgan fingerprint density at radius 1 is 1.13 bits per heavy atom. The zero-order valence-corrected chi connectivity index (χ0v) is 18.3. The summed E-state index contributed by atoms with van der Waals surface area (Å²) in [4.78, 5) is 0. The van der Waals surface area contributed by atoms with Crippen LogP contribution in [0.1, 0.15) is 61.3 Å². The molecule has 3 unspecified atom stereocenters. The molecule has 2 fully saturated rings. The van der Waals surface area contributed by atoms with Gasteiger partial charge in [-0.1, -0.05) is 29.8 Å². The summed E-state index contributed by atoms with van der Waals surface area (Å²) < 4.78 is 25.4. The number of rotatable bonds is 4. The fourth-order valence-electron chi connectivity index (χ4n) is 5.19. The van der Waals surface area contributed by atoms with Crippen LogP contribution in [0.15, 0.2) is 36.4 Å². The van der Waals surface area contributed by atoms with E-state index in [0.29, 0.717) is 24.3 Å². The van der Waals surface area contributed by atoms with Crippen molar-refractivity contribution in [1.82, 2.24) is 0 Å². The van der Waals surface area contributed by atoms with Crippen LogP contribution in [-0.4, -0.2) is 36.1 Å². The van der Waals surface area contributed by atoms with Gasteiger partial charge in [-0.05, 0) is 67.0 Å². The Balaban J connectivity index is 1.34. The van der Waals surface area contributed by atoms with Gasteiger partial charge in [-0.25, -0.2) is 4.39 Å². The highest BCUT2D eigenvalue weighted by molar-refractivity contribution is 6.31. The van der Waals surface area contributed by atoms with Crippen molar-refractivity contribution in [3.05, 3.63) is 58.1 Å². The second-order valence-corrected chi connectivity index (χ2v) is 9.64. The number of ether oxygens (including phenoxy) is 2. The first-order valence-electron chi connectivity index (χ1n) is 11.3. The minimum absolute atomic E-state index is 0.0335. The standard InChI is InChI=1S/C25H29ClFNO3/c26-21-5-4-17(24-13-19(29)12-20(14-27)30-24)11-18(21)9-16-3-6-23-22(10-16)28-15-25(31-23)7-1-2-8-25/h3-6,10-11,19-20,24,28-29H,1-2,7-9,12-15H2. The van der Waals surface area contributed by atoms with Crippen LogP contribution >= 0.6 is 11.6 Å². The van der Waals surface area contributed by atoms with Crippen molar-refractivity contribution in [3.63, 3.8) is 0 Å². The van der Waals surface area contributed by atoms with E-state index in [1.807, 2.05) is 18.2 Å². The first-order valence-corrected chi connectivity index (χ1v) is 11.6. The van der Waals surface area contributed by atoms with Gasteiger partial charge in [0.15, 0.2) is 0 Å². The monoisotopic (exact) mass is 445 g/mol. The predicted octanol–water partition coefficient (Wildman–Crippen LogP) is 5.60. The molecule has 0 bridgehead atoms. The van der Waals surface area contributed by atoms with Crippen molar-refractivity contribution in [2.24, 2.45) is 0 Å². The number of halogens is 2. The fourth-order valence-corrected chi connectivity index (χ4v) is 5.38. The average Bonchev–Trinajstić information content (AvgIpc) is 3.22. The Hall–Kier alpha value is -1.82. The predicted molar refractivity (Wildman–Crippen MR) is 120 cm³/mol. The molecule has 2 heterocycles. The molecule has 0 radical (unpaired) electrons. The summed E-state index contributed by atoms with van der Waals surface area (Å²) in [5.41, 5.74) is 4.06. The molecule has 2 aromatic carbocycles. The van der Waals surface area contributed by atoms with E-state index < -0.39 is 18.9 Å². The minimum Gasteiger partial charge on any atom is -0.483 e. The summed E-state index contributed by atoms with van der Waals surface area (Å²) in [5.74, 6) is 0.929. The number of anilines is 1. The lowest BCUT2D eigenvalue weighted by atomic mass is 9.94. The van der Waals surface area contributed by atoms with Gasteiger partial charge < -0.3 is 19.9 Å². The molecule has 31 heavy (non-hydrogen) atoms. The molecule has 1 saturated heterocycles. The lowest BCUT2D eigenvalue weighted by Gasteiger charge is -2.36. The van der Waals surface area contributed by atoms with E-state index >= 15 is 0 Å². The molecule has 4 nitrogen and oxygen atoms in total. The average molecular weight is 446 g/mol. The van der Waals surface area contributed by atoms with Crippen molar-refractivity contribution < 1.29 is 19.0 Å². The van der Waals surface area contributed by atoms with Crippen molar-refractivity contribution in [3.8, 4) is 5.75 Å². The highest BCUT2D eigenvalue weighted by atomic mass is 35.5. The van der Waals surface area contributed by atoms with E-state index in [-0.39, 0.29) is 11.7 Å². The van der Waals surface area contributed by atoms with Crippen LogP contribution in [0.25, 0.3) is 0 Å². The highest BCUT2D eigenvalue weighted by Gasteiger charge is 2.39.